The van der Waals surface area contributed by atoms with Crippen LogP contribution in [0.15, 0.2) is 40.9 Å². The van der Waals surface area contributed by atoms with Gasteiger partial charge in [0.25, 0.3) is 5.91 Å². The average Bonchev–Trinajstić information content (AvgIpc) is 3.37. The number of hydrogen-bond acceptors (Lipinski definition) is 5. The normalized spacial score (nSPS) is 15.5. The van der Waals surface area contributed by atoms with Gasteiger partial charge in [0, 0.05) is 23.3 Å². The lowest BCUT2D eigenvalue weighted by atomic mass is 9.90. The molecule has 30 heavy (non-hydrogen) atoms. The maximum atomic E-state index is 12.4. The van der Waals surface area contributed by atoms with Crippen molar-refractivity contribution in [1.29, 1.82) is 0 Å². The predicted octanol–water partition coefficient (Wildman–Crippen LogP) is 4.23. The molecule has 1 aliphatic rings. The molecule has 156 valence electrons. The molecule has 0 spiro atoms. The highest BCUT2D eigenvalue weighted by Crippen LogP contribution is 2.32. The molecule has 1 atom stereocenters. The summed E-state index contributed by atoms with van der Waals surface area (Å²) < 4.78 is 5.73. The van der Waals surface area contributed by atoms with Crippen LogP contribution in [0.25, 0.3) is 11.3 Å². The number of rotatable bonds is 5. The third-order valence-corrected chi connectivity index (χ3v) is 6.56. The van der Waals surface area contributed by atoms with Crippen molar-refractivity contribution < 1.29 is 14.0 Å². The number of benzene rings is 1. The molecule has 0 saturated carbocycles. The monoisotopic (exact) mass is 423 g/mol. The zero-order valence-corrected chi connectivity index (χ0v) is 18.0. The molecule has 0 fully saturated rings. The molecular formula is C23H25N3O3S. The topological polar surface area (TPSA) is 84.2 Å². The van der Waals surface area contributed by atoms with Crippen molar-refractivity contribution in [3.05, 3.63) is 63.3 Å². The zero-order valence-electron chi connectivity index (χ0n) is 17.2. The fourth-order valence-electron chi connectivity index (χ4n) is 3.57. The van der Waals surface area contributed by atoms with Crippen LogP contribution in [0.2, 0.25) is 0 Å². The third kappa shape index (κ3) is 4.79. The molecule has 1 unspecified atom stereocenters. The van der Waals surface area contributed by atoms with Gasteiger partial charge in [-0.2, -0.15) is 0 Å². The van der Waals surface area contributed by atoms with Crippen LogP contribution in [-0.2, 0) is 24.1 Å². The van der Waals surface area contributed by atoms with E-state index in [-0.39, 0.29) is 18.2 Å². The number of aromatic nitrogens is 1. The van der Waals surface area contributed by atoms with Crippen molar-refractivity contribution in [3.8, 4) is 11.3 Å². The molecule has 0 aliphatic heterocycles. The van der Waals surface area contributed by atoms with E-state index in [1.54, 1.807) is 6.20 Å². The second kappa shape index (κ2) is 8.83. The lowest BCUT2D eigenvalue weighted by molar-refractivity contribution is -0.121. The number of thiophene rings is 1. The number of hydrogen-bond donors (Lipinski definition) is 2. The summed E-state index contributed by atoms with van der Waals surface area (Å²) in [5, 5.41) is 0. The largest absolute Gasteiger partial charge is 0.441 e. The number of oxazole rings is 1. The Bertz CT molecular complexity index is 1050. The van der Waals surface area contributed by atoms with E-state index in [0.717, 1.165) is 24.8 Å². The number of hydrazine groups is 1. The number of fused-ring (bicyclic) bond motifs is 1. The molecule has 4 rings (SSSR count). The van der Waals surface area contributed by atoms with Crippen molar-refractivity contribution in [1.82, 2.24) is 15.8 Å². The van der Waals surface area contributed by atoms with Gasteiger partial charge in [-0.05, 0) is 43.7 Å². The Morgan fingerprint density at radius 2 is 2.03 bits per heavy atom. The van der Waals surface area contributed by atoms with Crippen molar-refractivity contribution in [2.45, 2.75) is 46.0 Å². The van der Waals surface area contributed by atoms with E-state index in [1.807, 2.05) is 37.3 Å². The lowest BCUT2D eigenvalue weighted by Gasteiger charge is -2.16. The Hall–Kier alpha value is -2.93. The molecule has 1 aliphatic carbocycles. The number of carbonyl (C=O) groups is 2. The standard InChI is InChI=1S/C23H25N3O3S/c1-14-3-6-16(7-4-14)18-13-24-22(29-18)10-9-21(27)25-26-23(28)20-12-17-11-15(2)5-8-19(17)30-20/h3-4,6-7,12-13,15H,5,8-11H2,1-2H3,(H,25,27)(H,26,28). The molecule has 2 amide bonds. The van der Waals surface area contributed by atoms with Gasteiger partial charge in [-0.25, -0.2) is 4.98 Å². The van der Waals surface area contributed by atoms with Crippen LogP contribution in [0.3, 0.4) is 0 Å². The Labute approximate surface area is 179 Å². The molecule has 2 aromatic heterocycles. The molecule has 7 heteroatoms. The van der Waals surface area contributed by atoms with Crippen LogP contribution in [0, 0.1) is 12.8 Å². The molecule has 6 nitrogen and oxygen atoms in total. The van der Waals surface area contributed by atoms with E-state index >= 15 is 0 Å². The number of amides is 2. The van der Waals surface area contributed by atoms with Crippen molar-refractivity contribution in [2.75, 3.05) is 0 Å². The van der Waals surface area contributed by atoms with Gasteiger partial charge in [0.15, 0.2) is 11.7 Å². The molecule has 0 radical (unpaired) electrons. The van der Waals surface area contributed by atoms with Crippen LogP contribution in [0.5, 0.6) is 0 Å². The molecule has 0 saturated heterocycles. The lowest BCUT2D eigenvalue weighted by Crippen LogP contribution is -2.41. The van der Waals surface area contributed by atoms with Crippen LogP contribution >= 0.6 is 11.3 Å². The number of aryl methyl sites for hydroxylation is 3. The molecule has 2 N–H and O–H groups in total. The fraction of sp³-hybridized carbons (Fsp3) is 0.348. The summed E-state index contributed by atoms with van der Waals surface area (Å²) in [5.74, 6) is 1.27. The first-order valence-corrected chi connectivity index (χ1v) is 11.0. The molecule has 1 aromatic carbocycles. The summed E-state index contributed by atoms with van der Waals surface area (Å²) >= 11 is 1.52. The average molecular weight is 424 g/mol. The Kier molecular flexibility index (Phi) is 5.99. The van der Waals surface area contributed by atoms with E-state index in [2.05, 4.69) is 22.8 Å². The maximum Gasteiger partial charge on any atom is 0.279 e. The highest BCUT2D eigenvalue weighted by Gasteiger charge is 2.21. The van der Waals surface area contributed by atoms with Crippen molar-refractivity contribution >= 4 is 23.2 Å². The summed E-state index contributed by atoms with van der Waals surface area (Å²) in [4.78, 5) is 30.6. The van der Waals surface area contributed by atoms with Crippen LogP contribution in [0.4, 0.5) is 0 Å². The minimum Gasteiger partial charge on any atom is -0.441 e. The molecular weight excluding hydrogens is 398 g/mol. The number of nitrogens with zero attached hydrogens (tertiary/aromatic N) is 1. The number of carbonyl (C=O) groups excluding carboxylic acids is 2. The van der Waals surface area contributed by atoms with Gasteiger partial charge in [0.1, 0.15) is 0 Å². The first-order valence-electron chi connectivity index (χ1n) is 10.2. The van der Waals surface area contributed by atoms with Gasteiger partial charge < -0.3 is 4.42 Å². The van der Waals surface area contributed by atoms with Gasteiger partial charge in [0.2, 0.25) is 5.91 Å². The highest BCUT2D eigenvalue weighted by atomic mass is 32.1. The molecule has 3 aromatic rings. The highest BCUT2D eigenvalue weighted by molar-refractivity contribution is 7.14. The predicted molar refractivity (Wildman–Crippen MR) is 116 cm³/mol. The van der Waals surface area contributed by atoms with E-state index in [1.165, 1.54) is 27.3 Å². The minimum atomic E-state index is -0.284. The van der Waals surface area contributed by atoms with E-state index in [0.29, 0.717) is 28.9 Å². The minimum absolute atomic E-state index is 0.173. The fourth-order valence-corrected chi connectivity index (χ4v) is 4.67. The summed E-state index contributed by atoms with van der Waals surface area (Å²) in [6.07, 6.45) is 5.41. The Morgan fingerprint density at radius 1 is 1.23 bits per heavy atom. The second-order valence-corrected chi connectivity index (χ2v) is 9.03. The summed E-state index contributed by atoms with van der Waals surface area (Å²) in [5.41, 5.74) is 8.39. The van der Waals surface area contributed by atoms with E-state index in [9.17, 15) is 9.59 Å². The quantitative estimate of drug-likeness (QED) is 0.602. The molecule has 0 bridgehead atoms. The zero-order chi connectivity index (χ0) is 21.1. The van der Waals surface area contributed by atoms with Gasteiger partial charge in [-0.15, -0.1) is 11.3 Å². The van der Waals surface area contributed by atoms with Crippen molar-refractivity contribution in [3.63, 3.8) is 0 Å². The second-order valence-electron chi connectivity index (χ2n) is 7.89. The van der Waals surface area contributed by atoms with E-state index in [4.69, 9.17) is 4.42 Å². The van der Waals surface area contributed by atoms with Gasteiger partial charge >= 0.3 is 0 Å². The summed E-state index contributed by atoms with van der Waals surface area (Å²) in [6, 6.07) is 9.93. The van der Waals surface area contributed by atoms with E-state index < -0.39 is 0 Å². The first-order chi connectivity index (χ1) is 14.5. The smallest absolute Gasteiger partial charge is 0.279 e. The van der Waals surface area contributed by atoms with Crippen molar-refractivity contribution in [2.24, 2.45) is 5.92 Å². The van der Waals surface area contributed by atoms with Gasteiger partial charge in [-0.3, -0.25) is 20.4 Å². The summed E-state index contributed by atoms with van der Waals surface area (Å²) in [6.45, 7) is 4.26. The van der Waals surface area contributed by atoms with Crippen LogP contribution < -0.4 is 10.9 Å². The van der Waals surface area contributed by atoms with Gasteiger partial charge in [-0.1, -0.05) is 36.8 Å². The Morgan fingerprint density at radius 3 is 2.83 bits per heavy atom. The number of nitrogens with one attached hydrogen (secondary N) is 2. The Balaban J connectivity index is 1.25. The SMILES string of the molecule is Cc1ccc(-c2cnc(CCC(=O)NNC(=O)c3cc4c(s3)CCC(C)C4)o2)cc1. The maximum absolute atomic E-state index is 12.4. The third-order valence-electron chi connectivity index (χ3n) is 5.32. The summed E-state index contributed by atoms with van der Waals surface area (Å²) in [7, 11) is 0. The van der Waals surface area contributed by atoms with Crippen LogP contribution in [-0.4, -0.2) is 16.8 Å². The molecule has 2 heterocycles. The first kappa shape index (κ1) is 20.3. The van der Waals surface area contributed by atoms with Gasteiger partial charge in [0.05, 0.1) is 11.1 Å². The van der Waals surface area contributed by atoms with Crippen LogP contribution in [0.1, 0.15) is 51.3 Å².